The van der Waals surface area contributed by atoms with Gasteiger partial charge < -0.3 is 11.1 Å². The first-order valence-electron chi connectivity index (χ1n) is 6.43. The van der Waals surface area contributed by atoms with Gasteiger partial charge in [0.25, 0.3) is 5.91 Å². The molecule has 1 aromatic carbocycles. The SMILES string of the molecule is Cc1c(C(=O)Nc2cc(CN)cc(C(F)(F)F)c2)cnn1C. The maximum Gasteiger partial charge on any atom is 0.416 e. The quantitative estimate of drug-likeness (QED) is 0.914. The number of alkyl halides is 3. The summed E-state index contributed by atoms with van der Waals surface area (Å²) in [7, 11) is 1.67. The van der Waals surface area contributed by atoms with Gasteiger partial charge in [-0.1, -0.05) is 0 Å². The Kier molecular flexibility index (Phi) is 4.23. The molecule has 0 spiro atoms. The third-order valence-electron chi connectivity index (χ3n) is 3.29. The molecular weight excluding hydrogens is 297 g/mol. The van der Waals surface area contributed by atoms with Crippen LogP contribution in [-0.4, -0.2) is 15.7 Å². The van der Waals surface area contributed by atoms with E-state index in [4.69, 9.17) is 5.73 Å². The summed E-state index contributed by atoms with van der Waals surface area (Å²) >= 11 is 0. The van der Waals surface area contributed by atoms with Gasteiger partial charge in [0.05, 0.1) is 17.3 Å². The van der Waals surface area contributed by atoms with E-state index in [2.05, 4.69) is 10.4 Å². The minimum atomic E-state index is -4.51. The summed E-state index contributed by atoms with van der Waals surface area (Å²) in [6.07, 6.45) is -3.14. The fourth-order valence-electron chi connectivity index (χ4n) is 1.97. The second-order valence-electron chi connectivity index (χ2n) is 4.84. The number of nitrogens with two attached hydrogens (primary N) is 1. The number of benzene rings is 1. The smallest absolute Gasteiger partial charge is 0.326 e. The molecule has 0 atom stereocenters. The van der Waals surface area contributed by atoms with Gasteiger partial charge in [-0.2, -0.15) is 18.3 Å². The van der Waals surface area contributed by atoms with E-state index in [0.717, 1.165) is 12.1 Å². The van der Waals surface area contributed by atoms with Crippen molar-refractivity contribution in [2.75, 3.05) is 5.32 Å². The molecule has 1 heterocycles. The summed E-state index contributed by atoms with van der Waals surface area (Å²) in [5.41, 5.74) is 5.80. The van der Waals surface area contributed by atoms with Crippen molar-refractivity contribution in [1.29, 1.82) is 0 Å². The van der Waals surface area contributed by atoms with Crippen LogP contribution in [0.25, 0.3) is 0 Å². The monoisotopic (exact) mass is 312 g/mol. The summed E-state index contributed by atoms with van der Waals surface area (Å²) in [5, 5.41) is 6.38. The summed E-state index contributed by atoms with van der Waals surface area (Å²) in [6.45, 7) is 1.64. The molecule has 0 saturated heterocycles. The van der Waals surface area contributed by atoms with Crippen LogP contribution in [0.2, 0.25) is 0 Å². The number of anilines is 1. The number of amides is 1. The Morgan fingerprint density at radius 2 is 2.05 bits per heavy atom. The fraction of sp³-hybridized carbons (Fsp3) is 0.286. The highest BCUT2D eigenvalue weighted by Crippen LogP contribution is 2.32. The Hall–Kier alpha value is -2.35. The van der Waals surface area contributed by atoms with E-state index in [0.29, 0.717) is 11.3 Å². The van der Waals surface area contributed by atoms with Gasteiger partial charge in [0.2, 0.25) is 0 Å². The number of hydrogen-bond acceptors (Lipinski definition) is 3. The van der Waals surface area contributed by atoms with E-state index in [1.165, 1.54) is 16.9 Å². The molecule has 8 heteroatoms. The number of rotatable bonds is 3. The molecule has 0 bridgehead atoms. The van der Waals surface area contributed by atoms with Crippen LogP contribution in [0.4, 0.5) is 18.9 Å². The number of carbonyl (C=O) groups is 1. The summed E-state index contributed by atoms with van der Waals surface area (Å²) in [5.74, 6) is -0.520. The van der Waals surface area contributed by atoms with E-state index < -0.39 is 17.6 Å². The first kappa shape index (κ1) is 16.0. The molecule has 0 fully saturated rings. The molecule has 0 radical (unpaired) electrons. The first-order chi connectivity index (χ1) is 10.2. The van der Waals surface area contributed by atoms with Gasteiger partial charge in [-0.15, -0.1) is 0 Å². The number of aromatic nitrogens is 2. The average Bonchev–Trinajstić information content (AvgIpc) is 2.77. The van der Waals surface area contributed by atoms with Crippen LogP contribution in [0.5, 0.6) is 0 Å². The maximum absolute atomic E-state index is 12.8. The predicted octanol–water partition coefficient (Wildman–Crippen LogP) is 2.46. The van der Waals surface area contributed by atoms with Crippen molar-refractivity contribution in [2.24, 2.45) is 12.8 Å². The number of carbonyl (C=O) groups excluding carboxylic acids is 1. The van der Waals surface area contributed by atoms with Gasteiger partial charge in [0.15, 0.2) is 0 Å². The highest BCUT2D eigenvalue weighted by Gasteiger charge is 2.31. The van der Waals surface area contributed by atoms with Crippen molar-refractivity contribution in [1.82, 2.24) is 9.78 Å². The largest absolute Gasteiger partial charge is 0.416 e. The lowest BCUT2D eigenvalue weighted by Gasteiger charge is -2.12. The van der Waals surface area contributed by atoms with E-state index in [9.17, 15) is 18.0 Å². The second kappa shape index (κ2) is 5.80. The van der Waals surface area contributed by atoms with E-state index >= 15 is 0 Å². The Bertz CT molecular complexity index is 707. The molecular formula is C14H15F3N4O. The van der Waals surface area contributed by atoms with Gasteiger partial charge in [0, 0.05) is 25.0 Å². The minimum absolute atomic E-state index is 0.0449. The maximum atomic E-state index is 12.8. The summed E-state index contributed by atoms with van der Waals surface area (Å²) < 4.78 is 40.0. The first-order valence-corrected chi connectivity index (χ1v) is 6.43. The Balaban J connectivity index is 2.33. The summed E-state index contributed by atoms with van der Waals surface area (Å²) in [6, 6.07) is 3.26. The highest BCUT2D eigenvalue weighted by molar-refractivity contribution is 6.05. The number of hydrogen-bond donors (Lipinski definition) is 2. The third-order valence-corrected chi connectivity index (χ3v) is 3.29. The van der Waals surface area contributed by atoms with Gasteiger partial charge in [-0.25, -0.2) is 0 Å². The highest BCUT2D eigenvalue weighted by atomic mass is 19.4. The number of aryl methyl sites for hydroxylation is 1. The third kappa shape index (κ3) is 3.28. The van der Waals surface area contributed by atoms with Gasteiger partial charge >= 0.3 is 6.18 Å². The van der Waals surface area contributed by atoms with Gasteiger partial charge in [0.1, 0.15) is 0 Å². The average molecular weight is 312 g/mol. The molecule has 0 saturated carbocycles. The van der Waals surface area contributed by atoms with Crippen molar-refractivity contribution < 1.29 is 18.0 Å². The minimum Gasteiger partial charge on any atom is -0.326 e. The second-order valence-corrected chi connectivity index (χ2v) is 4.84. The van der Waals surface area contributed by atoms with Crippen LogP contribution in [0.1, 0.15) is 27.2 Å². The standard InChI is InChI=1S/C14H15F3N4O/c1-8-12(7-19-21(8)2)13(22)20-11-4-9(6-18)3-10(5-11)14(15,16)17/h3-5,7H,6,18H2,1-2H3,(H,20,22). The lowest BCUT2D eigenvalue weighted by Crippen LogP contribution is -2.15. The van der Waals surface area contributed by atoms with Crippen molar-refractivity contribution >= 4 is 11.6 Å². The lowest BCUT2D eigenvalue weighted by atomic mass is 10.1. The van der Waals surface area contributed by atoms with E-state index in [1.807, 2.05) is 0 Å². The van der Waals surface area contributed by atoms with Crippen LogP contribution < -0.4 is 11.1 Å². The van der Waals surface area contributed by atoms with Crippen molar-refractivity contribution in [3.05, 3.63) is 46.8 Å². The number of nitrogens with one attached hydrogen (secondary N) is 1. The van der Waals surface area contributed by atoms with E-state index in [1.54, 1.807) is 14.0 Å². The Morgan fingerprint density at radius 1 is 1.36 bits per heavy atom. The van der Waals surface area contributed by atoms with Gasteiger partial charge in [-0.3, -0.25) is 9.48 Å². The predicted molar refractivity (Wildman–Crippen MR) is 75.2 cm³/mol. The van der Waals surface area contributed by atoms with Gasteiger partial charge in [-0.05, 0) is 30.7 Å². The van der Waals surface area contributed by atoms with Crippen LogP contribution in [0.3, 0.4) is 0 Å². The molecule has 2 aromatic rings. The zero-order valence-electron chi connectivity index (χ0n) is 12.0. The molecule has 0 unspecified atom stereocenters. The van der Waals surface area contributed by atoms with Crippen LogP contribution >= 0.6 is 0 Å². The van der Waals surface area contributed by atoms with Crippen molar-refractivity contribution in [2.45, 2.75) is 19.6 Å². The number of halogens is 3. The normalized spacial score (nSPS) is 11.5. The molecule has 22 heavy (non-hydrogen) atoms. The van der Waals surface area contributed by atoms with Crippen molar-refractivity contribution in [3.63, 3.8) is 0 Å². The fourth-order valence-corrected chi connectivity index (χ4v) is 1.97. The molecule has 0 aliphatic rings. The summed E-state index contributed by atoms with van der Waals surface area (Å²) in [4.78, 5) is 12.1. The molecule has 0 aliphatic heterocycles. The Morgan fingerprint density at radius 3 is 2.55 bits per heavy atom. The van der Waals surface area contributed by atoms with E-state index in [-0.39, 0.29) is 17.8 Å². The van der Waals surface area contributed by atoms with Crippen LogP contribution in [0.15, 0.2) is 24.4 Å². The molecule has 0 aliphatic carbocycles. The zero-order chi connectivity index (χ0) is 16.5. The number of nitrogens with zero attached hydrogens (tertiary/aromatic N) is 2. The van der Waals surface area contributed by atoms with Crippen LogP contribution in [0, 0.1) is 6.92 Å². The van der Waals surface area contributed by atoms with Crippen molar-refractivity contribution in [3.8, 4) is 0 Å². The molecule has 1 aromatic heterocycles. The molecule has 1 amide bonds. The lowest BCUT2D eigenvalue weighted by molar-refractivity contribution is -0.137. The molecule has 5 nitrogen and oxygen atoms in total. The van der Waals surface area contributed by atoms with Crippen LogP contribution in [-0.2, 0) is 19.8 Å². The topological polar surface area (TPSA) is 72.9 Å². The Labute approximate surface area is 124 Å². The molecule has 2 rings (SSSR count). The molecule has 3 N–H and O–H groups in total. The molecule has 118 valence electrons. The zero-order valence-corrected chi connectivity index (χ0v) is 12.0.